The van der Waals surface area contributed by atoms with Gasteiger partial charge in [0, 0.05) is 24.8 Å². The Morgan fingerprint density at radius 2 is 1.88 bits per heavy atom. The summed E-state index contributed by atoms with van der Waals surface area (Å²) in [6, 6.07) is 13.4. The van der Waals surface area contributed by atoms with E-state index in [0.29, 0.717) is 47.2 Å². The molecule has 4 aromatic rings. The summed E-state index contributed by atoms with van der Waals surface area (Å²) >= 11 is 6.22. The van der Waals surface area contributed by atoms with Crippen molar-refractivity contribution < 1.29 is 19.0 Å². The van der Waals surface area contributed by atoms with Crippen molar-refractivity contribution in [1.29, 1.82) is 0 Å². The van der Waals surface area contributed by atoms with Crippen LogP contribution >= 0.6 is 11.6 Å². The maximum Gasteiger partial charge on any atom is 0.166 e. The molecule has 0 saturated carbocycles. The normalized spacial score (nSPS) is 15.4. The second kappa shape index (κ2) is 9.08. The molecule has 1 atom stereocenters. The summed E-state index contributed by atoms with van der Waals surface area (Å²) in [4.78, 5) is 17.7. The van der Waals surface area contributed by atoms with Crippen LogP contribution in [0, 0.1) is 0 Å². The average Bonchev–Trinajstić information content (AvgIpc) is 3.22. The Morgan fingerprint density at radius 1 is 1.06 bits per heavy atom. The first kappa shape index (κ1) is 22.4. The molecule has 1 aliphatic rings. The van der Waals surface area contributed by atoms with E-state index in [9.17, 15) is 4.79 Å². The highest BCUT2D eigenvalue weighted by Gasteiger charge is 2.30. The molecule has 5 rings (SSSR count). The molecular formula is C26H24ClN3O4. The number of benzene rings is 2. The van der Waals surface area contributed by atoms with Gasteiger partial charge in [0.1, 0.15) is 0 Å². The largest absolute Gasteiger partial charge is 0.493 e. The fraction of sp³-hybridized carbons (Fsp3) is 0.269. The number of rotatable bonds is 6. The number of ether oxygens (including phenoxy) is 3. The van der Waals surface area contributed by atoms with Crippen molar-refractivity contribution in [3.63, 3.8) is 0 Å². The predicted molar refractivity (Wildman–Crippen MR) is 129 cm³/mol. The molecule has 0 amide bonds. The first-order chi connectivity index (χ1) is 16.5. The van der Waals surface area contributed by atoms with Gasteiger partial charge in [-0.2, -0.15) is 5.10 Å². The van der Waals surface area contributed by atoms with E-state index >= 15 is 0 Å². The Morgan fingerprint density at radius 3 is 2.62 bits per heavy atom. The molecule has 0 saturated heterocycles. The van der Waals surface area contributed by atoms with Crippen LogP contribution in [0.2, 0.25) is 5.02 Å². The molecule has 2 aromatic heterocycles. The van der Waals surface area contributed by atoms with Crippen LogP contribution in [0.4, 0.5) is 0 Å². The van der Waals surface area contributed by atoms with E-state index in [1.54, 1.807) is 32.0 Å². The lowest BCUT2D eigenvalue weighted by Gasteiger charge is -2.24. The third-order valence-electron chi connectivity index (χ3n) is 6.26. The van der Waals surface area contributed by atoms with Crippen molar-refractivity contribution in [3.8, 4) is 22.6 Å². The number of aromatic nitrogens is 3. The van der Waals surface area contributed by atoms with Gasteiger partial charge in [-0.25, -0.2) is 9.50 Å². The Balaban J connectivity index is 1.68. The molecule has 34 heavy (non-hydrogen) atoms. The molecule has 0 fully saturated rings. The highest BCUT2D eigenvalue weighted by atomic mass is 35.5. The fourth-order valence-corrected chi connectivity index (χ4v) is 4.86. The van der Waals surface area contributed by atoms with Crippen LogP contribution in [0.25, 0.3) is 16.8 Å². The first-order valence-electron chi connectivity index (χ1n) is 10.9. The lowest BCUT2D eigenvalue weighted by Crippen LogP contribution is -2.22. The molecule has 2 aromatic carbocycles. The highest BCUT2D eigenvalue weighted by molar-refractivity contribution is 6.30. The van der Waals surface area contributed by atoms with E-state index in [4.69, 9.17) is 30.9 Å². The first-order valence-corrected chi connectivity index (χ1v) is 11.3. The number of nitrogens with zero attached hydrogens (tertiary/aromatic N) is 3. The summed E-state index contributed by atoms with van der Waals surface area (Å²) in [5.74, 6) is 1.31. The molecule has 0 bridgehead atoms. The molecule has 174 valence electrons. The molecular weight excluding hydrogens is 454 g/mol. The summed E-state index contributed by atoms with van der Waals surface area (Å²) in [5.41, 5.74) is 5.60. The van der Waals surface area contributed by atoms with Gasteiger partial charge in [-0.05, 0) is 47.7 Å². The third kappa shape index (κ3) is 3.81. The molecule has 0 unspecified atom stereocenters. The average molecular weight is 478 g/mol. The van der Waals surface area contributed by atoms with Gasteiger partial charge in [0.25, 0.3) is 0 Å². The van der Waals surface area contributed by atoms with Gasteiger partial charge < -0.3 is 14.2 Å². The number of Topliss-reactive ketones (excluding diaryl/α,β-unsaturated/α-hetero) is 1. The zero-order valence-corrected chi connectivity index (χ0v) is 19.9. The van der Waals surface area contributed by atoms with Crippen LogP contribution in [-0.4, -0.2) is 41.7 Å². The van der Waals surface area contributed by atoms with Gasteiger partial charge in [0.2, 0.25) is 0 Å². The maximum absolute atomic E-state index is 13.1. The summed E-state index contributed by atoms with van der Waals surface area (Å²) in [6.07, 6.45) is 2.74. The van der Waals surface area contributed by atoms with Gasteiger partial charge in [0.15, 0.2) is 22.9 Å². The maximum atomic E-state index is 13.1. The van der Waals surface area contributed by atoms with Crippen LogP contribution in [0.5, 0.6) is 11.5 Å². The lowest BCUT2D eigenvalue weighted by atomic mass is 9.82. The molecule has 1 aliphatic carbocycles. The van der Waals surface area contributed by atoms with Gasteiger partial charge >= 0.3 is 0 Å². The summed E-state index contributed by atoms with van der Waals surface area (Å²) in [6.45, 7) is 0.299. The van der Waals surface area contributed by atoms with Crippen LogP contribution in [0.15, 0.2) is 48.7 Å². The van der Waals surface area contributed by atoms with E-state index < -0.39 is 0 Å². The molecule has 0 spiro atoms. The van der Waals surface area contributed by atoms with Gasteiger partial charge in [-0.15, -0.1) is 0 Å². The topological polar surface area (TPSA) is 75.0 Å². The van der Waals surface area contributed by atoms with Gasteiger partial charge in [0.05, 0.1) is 43.3 Å². The standard InChI is InChI=1S/C26H24ClN3O4/c1-32-14-20-25(16-7-8-23(33-2)24(12-16)34-3)26-28-13-19-21(30(26)29-20)10-17(11-22(19)31)15-5-4-6-18(27)9-15/h4-9,12-13,17H,10-11,14H2,1-3H3/t17-/m1/s1. The number of hydrogen-bond donors (Lipinski definition) is 0. The van der Waals surface area contributed by atoms with E-state index in [1.807, 2.05) is 42.5 Å². The SMILES string of the molecule is COCc1nn2c3c(cnc2c1-c1ccc(OC)c(OC)c1)C(=O)C[C@H](c1cccc(Cl)c1)C3. The number of carbonyl (C=O) groups excluding carboxylic acids is 1. The highest BCUT2D eigenvalue weighted by Crippen LogP contribution is 2.38. The second-order valence-corrected chi connectivity index (χ2v) is 8.70. The molecule has 2 heterocycles. The monoisotopic (exact) mass is 477 g/mol. The summed E-state index contributed by atoms with van der Waals surface area (Å²) in [7, 11) is 4.83. The number of fused-ring (bicyclic) bond motifs is 3. The van der Waals surface area contributed by atoms with Gasteiger partial charge in [-0.3, -0.25) is 4.79 Å². The number of halogens is 1. The number of carbonyl (C=O) groups is 1. The minimum Gasteiger partial charge on any atom is -0.493 e. The van der Waals surface area contributed by atoms with Crippen molar-refractivity contribution in [2.45, 2.75) is 25.4 Å². The van der Waals surface area contributed by atoms with Crippen molar-refractivity contribution >= 4 is 23.0 Å². The van der Waals surface area contributed by atoms with E-state index in [2.05, 4.69) is 4.98 Å². The minimum absolute atomic E-state index is 0.0175. The quantitative estimate of drug-likeness (QED) is 0.383. The second-order valence-electron chi connectivity index (χ2n) is 8.26. The minimum atomic E-state index is 0.0175. The van der Waals surface area contributed by atoms with Crippen molar-refractivity contribution in [2.24, 2.45) is 0 Å². The third-order valence-corrected chi connectivity index (χ3v) is 6.50. The molecule has 0 radical (unpaired) electrons. The zero-order chi connectivity index (χ0) is 23.8. The number of ketones is 1. The van der Waals surface area contributed by atoms with Crippen LogP contribution in [-0.2, 0) is 17.8 Å². The predicted octanol–water partition coefficient (Wildman–Crippen LogP) is 5.13. The molecule has 8 heteroatoms. The summed E-state index contributed by atoms with van der Waals surface area (Å²) < 4.78 is 18.1. The van der Waals surface area contributed by atoms with Gasteiger partial charge in [-0.1, -0.05) is 29.8 Å². The van der Waals surface area contributed by atoms with E-state index in [0.717, 1.165) is 28.1 Å². The fourth-order valence-electron chi connectivity index (χ4n) is 4.66. The zero-order valence-electron chi connectivity index (χ0n) is 19.2. The number of hydrogen-bond acceptors (Lipinski definition) is 6. The van der Waals surface area contributed by atoms with Crippen LogP contribution in [0.3, 0.4) is 0 Å². The van der Waals surface area contributed by atoms with Crippen molar-refractivity contribution in [3.05, 3.63) is 76.2 Å². The Kier molecular flexibility index (Phi) is 5.98. The van der Waals surface area contributed by atoms with Crippen LogP contribution < -0.4 is 9.47 Å². The lowest BCUT2D eigenvalue weighted by molar-refractivity contribution is 0.0962. The number of methoxy groups -OCH3 is 3. The molecule has 7 nitrogen and oxygen atoms in total. The molecule has 0 N–H and O–H groups in total. The summed E-state index contributed by atoms with van der Waals surface area (Å²) in [5, 5.41) is 5.51. The van der Waals surface area contributed by atoms with Crippen LogP contribution in [0.1, 0.15) is 39.6 Å². The van der Waals surface area contributed by atoms with Crippen molar-refractivity contribution in [2.75, 3.05) is 21.3 Å². The Bertz CT molecular complexity index is 1400. The smallest absolute Gasteiger partial charge is 0.166 e. The van der Waals surface area contributed by atoms with Crippen molar-refractivity contribution in [1.82, 2.24) is 14.6 Å². The Labute approximate surface area is 202 Å². The van der Waals surface area contributed by atoms with E-state index in [1.165, 1.54) is 0 Å². The Hall–Kier alpha value is -3.42. The van der Waals surface area contributed by atoms with E-state index in [-0.39, 0.29) is 11.7 Å². The molecule has 0 aliphatic heterocycles.